The number of aromatic nitrogens is 1. The SMILES string of the molecule is C=CCC[C@@H](N)c1c(Cl)cnc(F)c1Br. The Labute approximate surface area is 101 Å². The van der Waals surface area contributed by atoms with Crippen molar-refractivity contribution < 1.29 is 4.39 Å². The summed E-state index contributed by atoms with van der Waals surface area (Å²) in [5, 5.41) is 0.375. The number of nitrogens with zero attached hydrogens (tertiary/aromatic N) is 1. The van der Waals surface area contributed by atoms with Gasteiger partial charge in [-0.15, -0.1) is 6.58 Å². The van der Waals surface area contributed by atoms with E-state index in [1.54, 1.807) is 6.08 Å². The molecule has 1 rings (SSSR count). The monoisotopic (exact) mass is 292 g/mol. The van der Waals surface area contributed by atoms with Crippen LogP contribution >= 0.6 is 27.5 Å². The van der Waals surface area contributed by atoms with E-state index in [0.717, 1.165) is 6.42 Å². The summed E-state index contributed by atoms with van der Waals surface area (Å²) < 4.78 is 13.4. The summed E-state index contributed by atoms with van der Waals surface area (Å²) in [4.78, 5) is 3.48. The number of nitrogens with two attached hydrogens (primary N) is 1. The molecule has 0 spiro atoms. The van der Waals surface area contributed by atoms with Crippen LogP contribution in [0.1, 0.15) is 24.4 Å². The molecule has 0 fully saturated rings. The summed E-state index contributed by atoms with van der Waals surface area (Å²) in [5.74, 6) is -0.594. The van der Waals surface area contributed by atoms with Crippen molar-refractivity contribution in [1.82, 2.24) is 4.98 Å². The fourth-order valence-electron chi connectivity index (χ4n) is 1.24. The zero-order chi connectivity index (χ0) is 11.4. The summed E-state index contributed by atoms with van der Waals surface area (Å²) in [6.45, 7) is 3.60. The van der Waals surface area contributed by atoms with E-state index in [4.69, 9.17) is 17.3 Å². The minimum Gasteiger partial charge on any atom is -0.324 e. The quantitative estimate of drug-likeness (QED) is 0.680. The van der Waals surface area contributed by atoms with Gasteiger partial charge >= 0.3 is 0 Å². The molecule has 1 atom stereocenters. The van der Waals surface area contributed by atoms with Gasteiger partial charge in [0.2, 0.25) is 5.95 Å². The molecule has 0 unspecified atom stereocenters. The van der Waals surface area contributed by atoms with E-state index in [-0.39, 0.29) is 10.5 Å². The van der Waals surface area contributed by atoms with Gasteiger partial charge in [0.05, 0.1) is 9.50 Å². The van der Waals surface area contributed by atoms with Crippen molar-refractivity contribution >= 4 is 27.5 Å². The Morgan fingerprint density at radius 2 is 2.40 bits per heavy atom. The first-order valence-electron chi connectivity index (χ1n) is 4.43. The molecule has 1 aromatic heterocycles. The lowest BCUT2D eigenvalue weighted by Gasteiger charge is -2.14. The molecule has 15 heavy (non-hydrogen) atoms. The van der Waals surface area contributed by atoms with E-state index in [9.17, 15) is 4.39 Å². The normalized spacial score (nSPS) is 12.5. The Morgan fingerprint density at radius 1 is 1.73 bits per heavy atom. The molecule has 0 saturated carbocycles. The number of hydrogen-bond donors (Lipinski definition) is 1. The minimum atomic E-state index is -0.594. The van der Waals surface area contributed by atoms with Crippen molar-refractivity contribution in [2.24, 2.45) is 5.73 Å². The van der Waals surface area contributed by atoms with Gasteiger partial charge in [-0.2, -0.15) is 4.39 Å². The molecule has 0 aliphatic carbocycles. The fourth-order valence-corrected chi connectivity index (χ4v) is 2.24. The Bertz CT molecular complexity index is 371. The van der Waals surface area contributed by atoms with Crippen molar-refractivity contribution in [1.29, 1.82) is 0 Å². The first-order valence-corrected chi connectivity index (χ1v) is 5.61. The maximum absolute atomic E-state index is 13.1. The molecule has 0 bridgehead atoms. The van der Waals surface area contributed by atoms with Gasteiger partial charge in [-0.05, 0) is 28.8 Å². The molecule has 2 N–H and O–H groups in total. The maximum atomic E-state index is 13.1. The van der Waals surface area contributed by atoms with Gasteiger partial charge in [0, 0.05) is 17.8 Å². The van der Waals surface area contributed by atoms with Gasteiger partial charge in [-0.1, -0.05) is 17.7 Å². The summed E-state index contributed by atoms with van der Waals surface area (Å²) in [6, 6.07) is -0.317. The summed E-state index contributed by atoms with van der Waals surface area (Å²) in [5.41, 5.74) is 6.46. The molecule has 0 aromatic carbocycles. The molecule has 1 aromatic rings. The molecular formula is C10H11BrClFN2. The van der Waals surface area contributed by atoms with E-state index in [1.165, 1.54) is 6.20 Å². The maximum Gasteiger partial charge on any atom is 0.227 e. The number of rotatable bonds is 4. The van der Waals surface area contributed by atoms with Crippen LogP contribution in [0.15, 0.2) is 23.3 Å². The number of allylic oxidation sites excluding steroid dienone is 1. The summed E-state index contributed by atoms with van der Waals surface area (Å²) in [7, 11) is 0. The minimum absolute atomic E-state index is 0.242. The third kappa shape index (κ3) is 3.00. The van der Waals surface area contributed by atoms with E-state index >= 15 is 0 Å². The molecule has 82 valence electrons. The van der Waals surface area contributed by atoms with Crippen LogP contribution in [-0.2, 0) is 0 Å². The lowest BCUT2D eigenvalue weighted by atomic mass is 10.0. The van der Waals surface area contributed by atoms with Crippen LogP contribution in [0.2, 0.25) is 5.02 Å². The lowest BCUT2D eigenvalue weighted by Crippen LogP contribution is -2.12. The van der Waals surface area contributed by atoms with Gasteiger partial charge in [-0.25, -0.2) is 4.98 Å². The summed E-state index contributed by atoms with van der Waals surface area (Å²) in [6.07, 6.45) is 4.46. The largest absolute Gasteiger partial charge is 0.324 e. The number of halogens is 3. The van der Waals surface area contributed by atoms with Crippen LogP contribution in [0, 0.1) is 5.95 Å². The second-order valence-electron chi connectivity index (χ2n) is 3.10. The van der Waals surface area contributed by atoms with Crippen molar-refractivity contribution in [2.75, 3.05) is 0 Å². The van der Waals surface area contributed by atoms with E-state index in [2.05, 4.69) is 27.5 Å². The van der Waals surface area contributed by atoms with Gasteiger partial charge < -0.3 is 5.73 Å². The van der Waals surface area contributed by atoms with E-state index < -0.39 is 5.95 Å². The molecule has 0 aliphatic heterocycles. The van der Waals surface area contributed by atoms with Gasteiger partial charge in [-0.3, -0.25) is 0 Å². The predicted octanol–water partition coefficient (Wildman–Crippen LogP) is 3.60. The van der Waals surface area contributed by atoms with Crippen LogP contribution in [0.5, 0.6) is 0 Å². The highest BCUT2D eigenvalue weighted by Crippen LogP contribution is 2.32. The highest BCUT2D eigenvalue weighted by molar-refractivity contribution is 9.10. The highest BCUT2D eigenvalue weighted by atomic mass is 79.9. The van der Waals surface area contributed by atoms with E-state index in [0.29, 0.717) is 17.0 Å². The Morgan fingerprint density at radius 3 is 3.00 bits per heavy atom. The molecule has 0 aliphatic rings. The average molecular weight is 294 g/mol. The third-order valence-corrected chi connectivity index (χ3v) is 3.07. The van der Waals surface area contributed by atoms with Gasteiger partial charge in [0.15, 0.2) is 0 Å². The Hall–Kier alpha value is -0.450. The van der Waals surface area contributed by atoms with Crippen LogP contribution in [0.3, 0.4) is 0 Å². The topological polar surface area (TPSA) is 38.9 Å². The lowest BCUT2D eigenvalue weighted by molar-refractivity contribution is 0.564. The van der Waals surface area contributed by atoms with E-state index in [1.807, 2.05) is 0 Å². The highest BCUT2D eigenvalue weighted by Gasteiger charge is 2.17. The van der Waals surface area contributed by atoms with Crippen LogP contribution in [0.25, 0.3) is 0 Å². The van der Waals surface area contributed by atoms with Crippen LogP contribution in [0.4, 0.5) is 4.39 Å². The molecule has 1 heterocycles. The van der Waals surface area contributed by atoms with Crippen molar-refractivity contribution in [2.45, 2.75) is 18.9 Å². The predicted molar refractivity (Wildman–Crippen MR) is 63.3 cm³/mol. The van der Waals surface area contributed by atoms with Crippen LogP contribution < -0.4 is 5.73 Å². The van der Waals surface area contributed by atoms with Gasteiger partial charge in [0.25, 0.3) is 0 Å². The third-order valence-electron chi connectivity index (χ3n) is 2.02. The smallest absolute Gasteiger partial charge is 0.227 e. The second kappa shape index (κ2) is 5.58. The Balaban J connectivity index is 3.01. The Kier molecular flexibility index (Phi) is 4.70. The number of pyridine rings is 1. The zero-order valence-electron chi connectivity index (χ0n) is 8.01. The van der Waals surface area contributed by atoms with Gasteiger partial charge in [0.1, 0.15) is 0 Å². The fraction of sp³-hybridized carbons (Fsp3) is 0.300. The van der Waals surface area contributed by atoms with Crippen LogP contribution in [-0.4, -0.2) is 4.98 Å². The number of hydrogen-bond acceptors (Lipinski definition) is 2. The molecule has 0 radical (unpaired) electrons. The van der Waals surface area contributed by atoms with Crippen molar-refractivity contribution in [3.63, 3.8) is 0 Å². The van der Waals surface area contributed by atoms with Crippen molar-refractivity contribution in [3.05, 3.63) is 39.9 Å². The molecule has 0 saturated heterocycles. The molecule has 0 amide bonds. The molecule has 2 nitrogen and oxygen atoms in total. The van der Waals surface area contributed by atoms with Crippen molar-refractivity contribution in [3.8, 4) is 0 Å². The first kappa shape index (κ1) is 12.6. The second-order valence-corrected chi connectivity index (χ2v) is 4.30. The summed E-state index contributed by atoms with van der Waals surface area (Å²) >= 11 is 9.01. The zero-order valence-corrected chi connectivity index (χ0v) is 10.4. The average Bonchev–Trinajstić information content (AvgIpc) is 2.21. The first-order chi connectivity index (χ1) is 7.07. The standard InChI is InChI=1S/C10H11BrClFN2/c1-2-3-4-7(14)8-6(12)5-15-10(13)9(8)11/h2,5,7H,1,3-4,14H2/t7-/m1/s1. The molecular weight excluding hydrogens is 282 g/mol. The molecule has 5 heteroatoms.